The topological polar surface area (TPSA) is 29.9 Å². The fraction of sp³-hybridized carbons (Fsp3) is 0.750. The van der Waals surface area contributed by atoms with Crippen molar-refractivity contribution in [3.8, 4) is 0 Å². The quantitative estimate of drug-likeness (QED) is 0.709. The number of rotatable bonds is 8. The molecule has 0 unspecified atom stereocenters. The summed E-state index contributed by atoms with van der Waals surface area (Å²) in [6.07, 6.45) is 3.36. The summed E-state index contributed by atoms with van der Waals surface area (Å²) in [4.78, 5) is 0. The Kier molecular flexibility index (Phi) is 6.57. The molecule has 0 saturated heterocycles. The van der Waals surface area contributed by atoms with Crippen LogP contribution < -0.4 is 5.32 Å². The molecule has 1 aromatic rings. The van der Waals surface area contributed by atoms with E-state index < -0.39 is 0 Å². The Hall–Kier alpha value is -0.480. The van der Waals surface area contributed by atoms with Crippen LogP contribution >= 0.6 is 11.8 Å². The summed E-state index contributed by atoms with van der Waals surface area (Å²) in [5.74, 6) is 2.34. The Balaban J connectivity index is 2.39. The molecule has 4 heteroatoms. The van der Waals surface area contributed by atoms with Gasteiger partial charge in [0.25, 0.3) is 0 Å². The summed E-state index contributed by atoms with van der Waals surface area (Å²) in [7, 11) is 0. The molecule has 1 aromatic heterocycles. The fourth-order valence-corrected chi connectivity index (χ4v) is 2.15. The minimum Gasteiger partial charge on any atom is -0.313 e. The largest absolute Gasteiger partial charge is 0.313 e. The van der Waals surface area contributed by atoms with Crippen LogP contribution in [0, 0.1) is 6.92 Å². The van der Waals surface area contributed by atoms with E-state index in [0.717, 1.165) is 31.1 Å². The monoisotopic (exact) mass is 241 g/mol. The van der Waals surface area contributed by atoms with Crippen LogP contribution in [0.25, 0.3) is 0 Å². The lowest BCUT2D eigenvalue weighted by molar-refractivity contribution is 0.656. The highest BCUT2D eigenvalue weighted by molar-refractivity contribution is 7.99. The number of thioether (sulfide) groups is 1. The average Bonchev–Trinajstić information content (AvgIpc) is 2.61. The summed E-state index contributed by atoms with van der Waals surface area (Å²) in [6.45, 7) is 9.51. The van der Waals surface area contributed by atoms with Gasteiger partial charge in [-0.2, -0.15) is 16.9 Å². The fourth-order valence-electron chi connectivity index (χ4n) is 1.55. The van der Waals surface area contributed by atoms with Crippen LogP contribution in [0.4, 0.5) is 0 Å². The van der Waals surface area contributed by atoms with Gasteiger partial charge in [0.15, 0.2) is 0 Å². The van der Waals surface area contributed by atoms with Gasteiger partial charge in [0, 0.05) is 30.6 Å². The van der Waals surface area contributed by atoms with Crippen molar-refractivity contribution in [3.63, 3.8) is 0 Å². The van der Waals surface area contributed by atoms with E-state index in [4.69, 9.17) is 0 Å². The van der Waals surface area contributed by atoms with Crippen LogP contribution in [0.2, 0.25) is 0 Å². The minimum absolute atomic E-state index is 0.945. The van der Waals surface area contributed by atoms with Crippen molar-refractivity contribution in [2.75, 3.05) is 18.1 Å². The molecule has 16 heavy (non-hydrogen) atoms. The molecule has 0 bridgehead atoms. The lowest BCUT2D eigenvalue weighted by Crippen LogP contribution is -2.13. The molecule has 1 rings (SSSR count). The second-order valence-corrected chi connectivity index (χ2v) is 5.27. The maximum atomic E-state index is 4.52. The average molecular weight is 241 g/mol. The third kappa shape index (κ3) is 4.58. The molecule has 92 valence electrons. The van der Waals surface area contributed by atoms with Gasteiger partial charge in [-0.1, -0.05) is 13.8 Å². The molecule has 0 atom stereocenters. The number of nitrogens with zero attached hydrogens (tertiary/aromatic N) is 2. The van der Waals surface area contributed by atoms with Gasteiger partial charge in [-0.05, 0) is 25.6 Å². The van der Waals surface area contributed by atoms with Crippen molar-refractivity contribution in [1.29, 1.82) is 0 Å². The number of hydrogen-bond acceptors (Lipinski definition) is 3. The zero-order chi connectivity index (χ0) is 11.8. The van der Waals surface area contributed by atoms with E-state index in [9.17, 15) is 0 Å². The van der Waals surface area contributed by atoms with Crippen molar-refractivity contribution in [2.45, 2.75) is 40.3 Å². The van der Waals surface area contributed by atoms with Crippen LogP contribution in [0.3, 0.4) is 0 Å². The van der Waals surface area contributed by atoms with Crippen molar-refractivity contribution in [2.24, 2.45) is 0 Å². The second-order valence-electron chi connectivity index (χ2n) is 3.88. The first-order valence-corrected chi connectivity index (χ1v) is 7.24. The molecule has 0 amide bonds. The van der Waals surface area contributed by atoms with E-state index >= 15 is 0 Å². The maximum absolute atomic E-state index is 4.52. The smallest absolute Gasteiger partial charge is 0.0638 e. The zero-order valence-electron chi connectivity index (χ0n) is 10.6. The standard InChI is InChI=1S/C12H23N3S/c1-4-6-13-9-12-10-15(14-11(12)3)7-8-16-5-2/h10,13H,4-9H2,1-3H3. The molecule has 0 aromatic carbocycles. The van der Waals surface area contributed by atoms with E-state index in [0.29, 0.717) is 0 Å². The van der Waals surface area contributed by atoms with Crippen molar-refractivity contribution in [3.05, 3.63) is 17.5 Å². The van der Waals surface area contributed by atoms with Crippen LogP contribution in [0.15, 0.2) is 6.20 Å². The highest BCUT2D eigenvalue weighted by Crippen LogP contribution is 2.07. The molecule has 0 aliphatic heterocycles. The Morgan fingerprint density at radius 2 is 2.25 bits per heavy atom. The third-order valence-corrected chi connectivity index (χ3v) is 3.34. The third-order valence-electron chi connectivity index (χ3n) is 2.46. The first-order valence-electron chi connectivity index (χ1n) is 6.09. The van der Waals surface area contributed by atoms with Crippen LogP contribution in [0.1, 0.15) is 31.5 Å². The van der Waals surface area contributed by atoms with Crippen LogP contribution in [-0.2, 0) is 13.1 Å². The number of aryl methyl sites for hydroxylation is 2. The zero-order valence-corrected chi connectivity index (χ0v) is 11.4. The van der Waals surface area contributed by atoms with Gasteiger partial charge in [-0.3, -0.25) is 4.68 Å². The molecule has 1 N–H and O–H groups in total. The van der Waals surface area contributed by atoms with Gasteiger partial charge in [-0.25, -0.2) is 0 Å². The minimum atomic E-state index is 0.945. The van der Waals surface area contributed by atoms with E-state index in [-0.39, 0.29) is 0 Å². The first kappa shape index (κ1) is 13.6. The van der Waals surface area contributed by atoms with Crippen LogP contribution in [-0.4, -0.2) is 27.8 Å². The van der Waals surface area contributed by atoms with Crippen molar-refractivity contribution in [1.82, 2.24) is 15.1 Å². The second kappa shape index (κ2) is 7.74. The molecule has 0 radical (unpaired) electrons. The Labute approximate surface area is 103 Å². The maximum Gasteiger partial charge on any atom is 0.0638 e. The number of nitrogens with one attached hydrogen (secondary N) is 1. The van der Waals surface area contributed by atoms with Gasteiger partial charge in [-0.15, -0.1) is 0 Å². The van der Waals surface area contributed by atoms with Crippen molar-refractivity contribution < 1.29 is 0 Å². The molecular formula is C12H23N3S. The number of hydrogen-bond donors (Lipinski definition) is 1. The van der Waals surface area contributed by atoms with Gasteiger partial charge in [0.1, 0.15) is 0 Å². The summed E-state index contributed by atoms with van der Waals surface area (Å²) >= 11 is 1.96. The molecular weight excluding hydrogens is 218 g/mol. The summed E-state index contributed by atoms with van der Waals surface area (Å²) in [5.41, 5.74) is 2.49. The molecule has 1 heterocycles. The molecule has 3 nitrogen and oxygen atoms in total. The van der Waals surface area contributed by atoms with Gasteiger partial charge in [0.2, 0.25) is 0 Å². The molecule has 0 fully saturated rings. The molecule has 0 aliphatic carbocycles. The summed E-state index contributed by atoms with van der Waals surface area (Å²) < 4.78 is 2.07. The van der Waals surface area contributed by atoms with E-state index in [2.05, 4.69) is 42.1 Å². The Morgan fingerprint density at radius 1 is 1.44 bits per heavy atom. The SMILES string of the molecule is CCCNCc1cn(CCSCC)nc1C. The first-order chi connectivity index (χ1) is 7.77. The van der Waals surface area contributed by atoms with E-state index in [1.807, 2.05) is 11.8 Å². The Bertz CT molecular complexity index is 296. The predicted molar refractivity (Wildman–Crippen MR) is 72.0 cm³/mol. The van der Waals surface area contributed by atoms with Crippen LogP contribution in [0.5, 0.6) is 0 Å². The van der Waals surface area contributed by atoms with Gasteiger partial charge < -0.3 is 5.32 Å². The highest BCUT2D eigenvalue weighted by atomic mass is 32.2. The lowest BCUT2D eigenvalue weighted by atomic mass is 10.2. The predicted octanol–water partition coefficient (Wildman–Crippen LogP) is 2.44. The summed E-state index contributed by atoms with van der Waals surface area (Å²) in [6, 6.07) is 0. The summed E-state index contributed by atoms with van der Waals surface area (Å²) in [5, 5.41) is 7.94. The van der Waals surface area contributed by atoms with E-state index in [1.165, 1.54) is 17.7 Å². The Morgan fingerprint density at radius 3 is 2.94 bits per heavy atom. The lowest BCUT2D eigenvalue weighted by Gasteiger charge is -2.00. The van der Waals surface area contributed by atoms with Gasteiger partial charge >= 0.3 is 0 Å². The van der Waals surface area contributed by atoms with Crippen molar-refractivity contribution >= 4 is 11.8 Å². The van der Waals surface area contributed by atoms with E-state index in [1.54, 1.807) is 0 Å². The highest BCUT2D eigenvalue weighted by Gasteiger charge is 2.03. The van der Waals surface area contributed by atoms with Gasteiger partial charge in [0.05, 0.1) is 5.69 Å². The molecule has 0 spiro atoms. The molecule has 0 aliphatic rings. The normalized spacial score (nSPS) is 10.9. The molecule has 0 saturated carbocycles. The number of aromatic nitrogens is 2.